The fourth-order valence-corrected chi connectivity index (χ4v) is 3.41. The summed E-state index contributed by atoms with van der Waals surface area (Å²) in [5, 5.41) is 5.73. The summed E-state index contributed by atoms with van der Waals surface area (Å²) in [6.45, 7) is 12.2. The van der Waals surface area contributed by atoms with Crippen molar-refractivity contribution in [3.63, 3.8) is 0 Å². The van der Waals surface area contributed by atoms with Crippen molar-refractivity contribution in [1.29, 1.82) is 0 Å². The molecule has 3 amide bonds. The number of benzene rings is 1. The zero-order valence-corrected chi connectivity index (χ0v) is 18.3. The van der Waals surface area contributed by atoms with E-state index in [2.05, 4.69) is 31.4 Å². The number of carbonyl (C=O) groups excluding carboxylic acids is 2. The van der Waals surface area contributed by atoms with Crippen molar-refractivity contribution in [3.8, 4) is 5.75 Å². The third-order valence-electron chi connectivity index (χ3n) is 4.79. The number of nitrogens with one attached hydrogen (secondary N) is 2. The van der Waals surface area contributed by atoms with Crippen molar-refractivity contribution >= 4 is 11.9 Å². The average Bonchev–Trinajstić information content (AvgIpc) is 2.65. The summed E-state index contributed by atoms with van der Waals surface area (Å²) >= 11 is 0. The maximum atomic E-state index is 12.6. The van der Waals surface area contributed by atoms with Crippen molar-refractivity contribution in [2.24, 2.45) is 5.92 Å². The van der Waals surface area contributed by atoms with Gasteiger partial charge in [-0.2, -0.15) is 0 Å². The van der Waals surface area contributed by atoms with Crippen LogP contribution in [0.5, 0.6) is 5.75 Å². The van der Waals surface area contributed by atoms with Crippen molar-refractivity contribution in [3.05, 3.63) is 29.3 Å². The Hall–Kier alpha value is -2.28. The lowest BCUT2D eigenvalue weighted by atomic mass is 10.1. The summed E-state index contributed by atoms with van der Waals surface area (Å²) in [6, 6.07) is 5.92. The lowest BCUT2D eigenvalue weighted by Crippen LogP contribution is -2.52. The summed E-state index contributed by atoms with van der Waals surface area (Å²) in [6.07, 6.45) is 0.900. The molecule has 1 aliphatic rings. The molecule has 7 heteroatoms. The Morgan fingerprint density at radius 1 is 1.28 bits per heavy atom. The number of morpholine rings is 1. The molecule has 0 aliphatic carbocycles. The molecule has 1 fully saturated rings. The van der Waals surface area contributed by atoms with Crippen molar-refractivity contribution in [2.75, 3.05) is 26.2 Å². The van der Waals surface area contributed by atoms with Gasteiger partial charge in [0.15, 0.2) is 0 Å². The van der Waals surface area contributed by atoms with E-state index in [4.69, 9.17) is 9.47 Å². The van der Waals surface area contributed by atoms with E-state index in [-0.39, 0.29) is 24.1 Å². The second-order valence-electron chi connectivity index (χ2n) is 8.20. The van der Waals surface area contributed by atoms with Crippen molar-refractivity contribution < 1.29 is 19.1 Å². The molecule has 1 aromatic rings. The number of hydrogen-bond donors (Lipinski definition) is 2. The van der Waals surface area contributed by atoms with E-state index in [9.17, 15) is 9.59 Å². The third kappa shape index (κ3) is 7.93. The highest BCUT2D eigenvalue weighted by Gasteiger charge is 2.24. The Kier molecular flexibility index (Phi) is 8.76. The first-order chi connectivity index (χ1) is 13.7. The van der Waals surface area contributed by atoms with Gasteiger partial charge in [-0.05, 0) is 37.8 Å². The number of ether oxygens (including phenoxy) is 2. The quantitative estimate of drug-likeness (QED) is 0.697. The van der Waals surface area contributed by atoms with Gasteiger partial charge in [0.25, 0.3) is 0 Å². The van der Waals surface area contributed by atoms with Crippen LogP contribution in [0, 0.1) is 12.8 Å². The smallest absolute Gasteiger partial charge is 0.317 e. The van der Waals surface area contributed by atoms with E-state index < -0.39 is 0 Å². The molecular weight excluding hydrogens is 370 g/mol. The molecule has 1 heterocycles. The second kappa shape index (κ2) is 11.0. The van der Waals surface area contributed by atoms with Gasteiger partial charge in [0.2, 0.25) is 5.91 Å². The van der Waals surface area contributed by atoms with Gasteiger partial charge < -0.3 is 25.0 Å². The van der Waals surface area contributed by atoms with E-state index >= 15 is 0 Å². The first kappa shape index (κ1) is 23.0. The van der Waals surface area contributed by atoms with Gasteiger partial charge in [-0.25, -0.2) is 4.79 Å². The van der Waals surface area contributed by atoms with Gasteiger partial charge in [-0.3, -0.25) is 4.79 Å². The molecule has 0 aromatic heterocycles. The summed E-state index contributed by atoms with van der Waals surface area (Å²) in [5.74, 6) is 1.28. The topological polar surface area (TPSA) is 79.9 Å². The van der Waals surface area contributed by atoms with E-state index in [1.165, 1.54) is 6.92 Å². The highest BCUT2D eigenvalue weighted by Crippen LogP contribution is 2.23. The molecular formula is C22H35N3O4. The molecule has 29 heavy (non-hydrogen) atoms. The van der Waals surface area contributed by atoms with Crippen molar-refractivity contribution in [2.45, 2.75) is 59.8 Å². The molecule has 2 atom stereocenters. The molecule has 2 unspecified atom stereocenters. The van der Waals surface area contributed by atoms with E-state index in [0.29, 0.717) is 38.7 Å². The molecule has 2 N–H and O–H groups in total. The molecule has 162 valence electrons. The molecule has 0 radical (unpaired) electrons. The highest BCUT2D eigenvalue weighted by molar-refractivity contribution is 5.74. The van der Waals surface area contributed by atoms with Gasteiger partial charge >= 0.3 is 6.03 Å². The van der Waals surface area contributed by atoms with Crippen LogP contribution >= 0.6 is 0 Å². The Morgan fingerprint density at radius 2 is 2.03 bits per heavy atom. The summed E-state index contributed by atoms with van der Waals surface area (Å²) in [7, 11) is 0. The Labute approximate surface area is 174 Å². The van der Waals surface area contributed by atoms with Gasteiger partial charge in [0.05, 0.1) is 25.4 Å². The minimum Gasteiger partial charge on any atom is -0.490 e. The third-order valence-corrected chi connectivity index (χ3v) is 4.79. The van der Waals surface area contributed by atoms with Crippen LogP contribution in [0.25, 0.3) is 0 Å². The minimum absolute atomic E-state index is 0.103. The van der Waals surface area contributed by atoms with E-state index in [0.717, 1.165) is 23.3 Å². The van der Waals surface area contributed by atoms with Crippen LogP contribution in [0.3, 0.4) is 0 Å². The van der Waals surface area contributed by atoms with Crippen LogP contribution in [0.2, 0.25) is 0 Å². The molecule has 0 bridgehead atoms. The fraction of sp³-hybridized carbons (Fsp3) is 0.636. The lowest BCUT2D eigenvalue weighted by molar-refractivity contribution is -0.120. The van der Waals surface area contributed by atoms with Crippen LogP contribution in [0.4, 0.5) is 4.79 Å². The van der Waals surface area contributed by atoms with Crippen LogP contribution in [0.1, 0.15) is 45.2 Å². The summed E-state index contributed by atoms with van der Waals surface area (Å²) in [4.78, 5) is 25.4. The molecule has 0 saturated carbocycles. The van der Waals surface area contributed by atoms with Gasteiger partial charge in [-0.1, -0.05) is 26.0 Å². The Balaban J connectivity index is 1.93. The molecule has 2 rings (SSSR count). The number of urea groups is 1. The predicted octanol–water partition coefficient (Wildman–Crippen LogP) is 2.85. The van der Waals surface area contributed by atoms with Crippen LogP contribution in [-0.4, -0.2) is 55.3 Å². The first-order valence-corrected chi connectivity index (χ1v) is 10.4. The highest BCUT2D eigenvalue weighted by atomic mass is 16.5. The molecule has 7 nitrogen and oxygen atoms in total. The Morgan fingerprint density at radius 3 is 2.72 bits per heavy atom. The average molecular weight is 406 g/mol. The van der Waals surface area contributed by atoms with Crippen LogP contribution < -0.4 is 15.4 Å². The van der Waals surface area contributed by atoms with Gasteiger partial charge in [0, 0.05) is 32.1 Å². The maximum absolute atomic E-state index is 12.6. The number of rotatable bonds is 8. The number of carbonyl (C=O) groups is 2. The van der Waals surface area contributed by atoms with E-state index in [1.54, 1.807) is 4.90 Å². The zero-order valence-electron chi connectivity index (χ0n) is 18.3. The number of nitrogens with zero attached hydrogens (tertiary/aromatic N) is 1. The minimum atomic E-state index is -0.187. The normalized spacial score (nSPS) is 17.7. The van der Waals surface area contributed by atoms with Crippen molar-refractivity contribution in [1.82, 2.24) is 15.5 Å². The zero-order chi connectivity index (χ0) is 21.4. The molecule has 1 aliphatic heterocycles. The largest absolute Gasteiger partial charge is 0.490 e. The maximum Gasteiger partial charge on any atom is 0.317 e. The monoisotopic (exact) mass is 405 g/mol. The molecule has 0 spiro atoms. The van der Waals surface area contributed by atoms with Gasteiger partial charge in [0.1, 0.15) is 5.75 Å². The van der Waals surface area contributed by atoms with Gasteiger partial charge in [-0.15, -0.1) is 0 Å². The Bertz CT molecular complexity index is 693. The molecule has 1 aromatic carbocycles. The lowest BCUT2D eigenvalue weighted by Gasteiger charge is -2.33. The summed E-state index contributed by atoms with van der Waals surface area (Å²) < 4.78 is 11.8. The fourth-order valence-electron chi connectivity index (χ4n) is 3.41. The summed E-state index contributed by atoms with van der Waals surface area (Å²) in [5.41, 5.74) is 2.09. The number of aryl methyl sites for hydroxylation is 1. The molecule has 1 saturated heterocycles. The number of amides is 3. The van der Waals surface area contributed by atoms with Crippen LogP contribution in [0.15, 0.2) is 18.2 Å². The second-order valence-corrected chi connectivity index (χ2v) is 8.20. The first-order valence-electron chi connectivity index (χ1n) is 10.4. The standard InChI is InChI=1S/C22H35N3O4/c1-15(2)10-17(4)29-21-11-16(3)6-7-19(21)12-24-22(27)25-8-9-28-20(14-25)13-23-18(5)26/h6-7,11,15,17,20H,8-10,12-14H2,1-5H3,(H,23,26)(H,24,27). The van der Waals surface area contributed by atoms with E-state index in [1.807, 2.05) is 25.1 Å². The SMILES string of the molecule is CC(=O)NCC1CN(C(=O)NCc2ccc(C)cc2OC(C)CC(C)C)CCO1. The number of hydrogen-bond acceptors (Lipinski definition) is 4. The predicted molar refractivity (Wildman–Crippen MR) is 113 cm³/mol. The van der Waals surface area contributed by atoms with Crippen LogP contribution in [-0.2, 0) is 16.1 Å².